The number of aryl methyl sites for hydroxylation is 2. The molecule has 32 heavy (non-hydrogen) atoms. The van der Waals surface area contributed by atoms with Gasteiger partial charge in [0.2, 0.25) is 5.76 Å². The van der Waals surface area contributed by atoms with Gasteiger partial charge in [0.1, 0.15) is 11.5 Å². The zero-order valence-corrected chi connectivity index (χ0v) is 18.3. The highest BCUT2D eigenvalue weighted by Gasteiger charge is 2.34. The molecule has 3 aromatic rings. The molecule has 0 aliphatic carbocycles. The van der Waals surface area contributed by atoms with Crippen LogP contribution >= 0.6 is 0 Å². The molecule has 2 aromatic heterocycles. The van der Waals surface area contributed by atoms with Gasteiger partial charge in [-0.1, -0.05) is 18.2 Å². The monoisotopic (exact) mass is 433 g/mol. The Morgan fingerprint density at radius 3 is 2.59 bits per heavy atom. The lowest BCUT2D eigenvalue weighted by molar-refractivity contribution is -0.123. The van der Waals surface area contributed by atoms with Crippen LogP contribution in [0, 0.1) is 20.8 Å². The molecule has 1 N–H and O–H groups in total. The van der Waals surface area contributed by atoms with E-state index in [0.717, 1.165) is 33.1 Å². The number of benzene rings is 1. The van der Waals surface area contributed by atoms with Gasteiger partial charge >= 0.3 is 12.0 Å². The van der Waals surface area contributed by atoms with Crippen molar-refractivity contribution in [2.75, 3.05) is 7.11 Å². The Labute approximate surface area is 185 Å². The molecule has 1 saturated heterocycles. The molecule has 1 aromatic carbocycles. The van der Waals surface area contributed by atoms with E-state index in [1.807, 2.05) is 51.1 Å². The van der Waals surface area contributed by atoms with E-state index in [4.69, 9.17) is 4.42 Å². The Hall–Kier alpha value is -4.07. The number of methoxy groups -OCH3 is 1. The molecule has 8 heteroatoms. The highest BCUT2D eigenvalue weighted by molar-refractivity contribution is 6.13. The predicted octanol–water partition coefficient (Wildman–Crippen LogP) is 3.88. The van der Waals surface area contributed by atoms with Gasteiger partial charge in [-0.25, -0.2) is 9.59 Å². The molecule has 0 saturated carbocycles. The molecular formula is C24H23N3O5. The summed E-state index contributed by atoms with van der Waals surface area (Å²) >= 11 is 0. The van der Waals surface area contributed by atoms with Crippen molar-refractivity contribution in [1.82, 2.24) is 14.8 Å². The van der Waals surface area contributed by atoms with Crippen LogP contribution in [-0.2, 0) is 16.1 Å². The molecule has 0 bridgehead atoms. The second-order valence-corrected chi connectivity index (χ2v) is 7.59. The Balaban J connectivity index is 1.60. The number of hydrogen-bond acceptors (Lipinski definition) is 5. The summed E-state index contributed by atoms with van der Waals surface area (Å²) in [6, 6.07) is 12.5. The fraction of sp³-hybridized carbons (Fsp3) is 0.208. The maximum absolute atomic E-state index is 12.9. The first kappa shape index (κ1) is 21.2. The van der Waals surface area contributed by atoms with Crippen LogP contribution in [0.15, 0.2) is 52.6 Å². The largest absolute Gasteiger partial charge is 0.463 e. The molecule has 0 radical (unpaired) electrons. The van der Waals surface area contributed by atoms with E-state index in [-0.39, 0.29) is 18.0 Å². The third-order valence-electron chi connectivity index (χ3n) is 5.45. The maximum Gasteiger partial charge on any atom is 0.373 e. The van der Waals surface area contributed by atoms with Crippen molar-refractivity contribution in [1.29, 1.82) is 0 Å². The molecular weight excluding hydrogens is 410 g/mol. The second-order valence-electron chi connectivity index (χ2n) is 7.59. The quantitative estimate of drug-likeness (QED) is 0.374. The summed E-state index contributed by atoms with van der Waals surface area (Å²) in [5, 5.41) is 2.63. The number of nitrogens with zero attached hydrogens (tertiary/aromatic N) is 2. The first-order valence-corrected chi connectivity index (χ1v) is 10.1. The molecule has 3 amide bonds. The van der Waals surface area contributed by atoms with Crippen molar-refractivity contribution in [3.63, 3.8) is 0 Å². The minimum atomic E-state index is -0.627. The number of aromatic nitrogens is 1. The van der Waals surface area contributed by atoms with Crippen molar-refractivity contribution < 1.29 is 23.5 Å². The number of ether oxygens (including phenoxy) is 1. The number of para-hydroxylation sites is 1. The van der Waals surface area contributed by atoms with Crippen LogP contribution < -0.4 is 5.32 Å². The van der Waals surface area contributed by atoms with Crippen molar-refractivity contribution in [2.45, 2.75) is 27.3 Å². The van der Waals surface area contributed by atoms with Gasteiger partial charge in [0, 0.05) is 17.1 Å². The molecule has 164 valence electrons. The van der Waals surface area contributed by atoms with Gasteiger partial charge in [-0.3, -0.25) is 9.69 Å². The molecule has 0 spiro atoms. The number of nitrogens with one attached hydrogen (secondary N) is 1. The van der Waals surface area contributed by atoms with Crippen molar-refractivity contribution in [3.8, 4) is 5.69 Å². The van der Waals surface area contributed by atoms with Gasteiger partial charge in [0.25, 0.3) is 5.91 Å². The third-order valence-corrected chi connectivity index (χ3v) is 5.45. The molecule has 1 aliphatic rings. The lowest BCUT2D eigenvalue weighted by atomic mass is 10.2. The molecule has 1 aliphatic heterocycles. The molecule has 0 unspecified atom stereocenters. The molecule has 0 atom stereocenters. The first-order chi connectivity index (χ1) is 15.3. The maximum atomic E-state index is 12.9. The van der Waals surface area contributed by atoms with Crippen molar-refractivity contribution in [3.05, 3.63) is 82.2 Å². The van der Waals surface area contributed by atoms with E-state index in [9.17, 15) is 14.4 Å². The fourth-order valence-corrected chi connectivity index (χ4v) is 3.82. The summed E-state index contributed by atoms with van der Waals surface area (Å²) in [4.78, 5) is 37.9. The SMILES string of the molecule is COC(=O)c1ccc(CN2C(=O)N/C(=C\c3cc(C)n(-c4ccccc4C)c3C)C2=O)o1. The van der Waals surface area contributed by atoms with Gasteiger partial charge in [0.15, 0.2) is 0 Å². The van der Waals surface area contributed by atoms with Gasteiger partial charge < -0.3 is 19.0 Å². The van der Waals surface area contributed by atoms with Crippen LogP contribution in [0.5, 0.6) is 0 Å². The summed E-state index contributed by atoms with van der Waals surface area (Å²) < 4.78 is 12.1. The summed E-state index contributed by atoms with van der Waals surface area (Å²) in [6.45, 7) is 5.92. The average Bonchev–Trinajstić information content (AvgIpc) is 3.42. The Kier molecular flexibility index (Phi) is 5.44. The third kappa shape index (κ3) is 3.71. The standard InChI is InChI=1S/C24H23N3O5/c1-14-7-5-6-8-20(14)27-15(2)11-17(16(27)3)12-19-22(28)26(24(30)25-19)13-18-9-10-21(32-18)23(29)31-4/h5-12H,13H2,1-4H3,(H,25,30)/b19-12-. The summed E-state index contributed by atoms with van der Waals surface area (Å²) in [6.07, 6.45) is 1.68. The van der Waals surface area contributed by atoms with Crippen molar-refractivity contribution in [2.24, 2.45) is 0 Å². The van der Waals surface area contributed by atoms with E-state index in [1.54, 1.807) is 6.08 Å². The number of carbonyl (C=O) groups is 3. The number of hydrogen-bond donors (Lipinski definition) is 1. The summed E-state index contributed by atoms with van der Waals surface area (Å²) in [7, 11) is 1.25. The van der Waals surface area contributed by atoms with Crippen LogP contribution in [0.25, 0.3) is 11.8 Å². The normalized spacial score (nSPS) is 14.9. The summed E-state index contributed by atoms with van der Waals surface area (Å²) in [5.74, 6) is -0.786. The van der Waals surface area contributed by atoms with Gasteiger partial charge in [-0.05, 0) is 62.2 Å². The predicted molar refractivity (Wildman–Crippen MR) is 117 cm³/mol. The molecule has 3 heterocycles. The topological polar surface area (TPSA) is 93.8 Å². The number of urea groups is 1. The number of amides is 3. The Morgan fingerprint density at radius 2 is 1.88 bits per heavy atom. The Bertz CT molecular complexity index is 1260. The van der Waals surface area contributed by atoms with E-state index in [2.05, 4.69) is 14.6 Å². The number of esters is 1. The minimum Gasteiger partial charge on any atom is -0.463 e. The van der Waals surface area contributed by atoms with E-state index >= 15 is 0 Å². The lowest BCUT2D eigenvalue weighted by Gasteiger charge is -2.12. The van der Waals surface area contributed by atoms with Crippen LogP contribution in [0.3, 0.4) is 0 Å². The number of imide groups is 1. The zero-order chi connectivity index (χ0) is 23.0. The van der Waals surface area contributed by atoms with Gasteiger partial charge in [0.05, 0.1) is 13.7 Å². The van der Waals surface area contributed by atoms with E-state index in [1.165, 1.54) is 19.2 Å². The minimum absolute atomic E-state index is 0.00830. The summed E-state index contributed by atoms with van der Waals surface area (Å²) in [5.41, 5.74) is 5.19. The van der Waals surface area contributed by atoms with Crippen LogP contribution in [-0.4, -0.2) is 34.5 Å². The van der Waals surface area contributed by atoms with Gasteiger partial charge in [-0.15, -0.1) is 0 Å². The molecule has 8 nitrogen and oxygen atoms in total. The fourth-order valence-electron chi connectivity index (χ4n) is 3.82. The van der Waals surface area contributed by atoms with Crippen molar-refractivity contribution >= 4 is 24.0 Å². The highest BCUT2D eigenvalue weighted by Crippen LogP contribution is 2.26. The second kappa shape index (κ2) is 8.22. The number of rotatable bonds is 5. The molecule has 4 rings (SSSR count). The van der Waals surface area contributed by atoms with E-state index < -0.39 is 17.9 Å². The first-order valence-electron chi connectivity index (χ1n) is 10.1. The highest BCUT2D eigenvalue weighted by atomic mass is 16.5. The van der Waals surface area contributed by atoms with Crippen LogP contribution in [0.1, 0.15) is 38.8 Å². The zero-order valence-electron chi connectivity index (χ0n) is 18.3. The number of furan rings is 1. The number of carbonyl (C=O) groups excluding carboxylic acids is 3. The van der Waals surface area contributed by atoms with E-state index in [0.29, 0.717) is 5.76 Å². The smallest absolute Gasteiger partial charge is 0.373 e. The van der Waals surface area contributed by atoms with Gasteiger partial charge in [-0.2, -0.15) is 0 Å². The van der Waals surface area contributed by atoms with Crippen LogP contribution in [0.4, 0.5) is 4.79 Å². The van der Waals surface area contributed by atoms with Crippen LogP contribution in [0.2, 0.25) is 0 Å². The molecule has 1 fully saturated rings. The Morgan fingerprint density at radius 1 is 1.12 bits per heavy atom. The average molecular weight is 433 g/mol. The lowest BCUT2D eigenvalue weighted by Crippen LogP contribution is -2.30.